The number of imidazole rings is 1. The zero-order valence-corrected chi connectivity index (χ0v) is 8.27. The fourth-order valence-corrected chi connectivity index (χ4v) is 1.60. The molecule has 0 fully saturated rings. The number of anilines is 1. The molecule has 2 aromatic heterocycles. The van der Waals surface area contributed by atoms with Crippen LogP contribution in [0.5, 0.6) is 0 Å². The minimum Gasteiger partial charge on any atom is -0.346 e. The quantitative estimate of drug-likeness (QED) is 0.682. The highest BCUT2D eigenvalue weighted by Gasteiger charge is 2.08. The summed E-state index contributed by atoms with van der Waals surface area (Å²) in [5, 5.41) is 3.07. The molecule has 3 N–H and O–H groups in total. The molecule has 0 atom stereocenters. The Kier molecular flexibility index (Phi) is 1.86. The third kappa shape index (κ3) is 1.40. The molecule has 0 bridgehead atoms. The monoisotopic (exact) mass is 215 g/mol. The minimum absolute atomic E-state index is 0.0690. The third-order valence-electron chi connectivity index (χ3n) is 2.35. The van der Waals surface area contributed by atoms with E-state index in [0.29, 0.717) is 17.1 Å². The van der Waals surface area contributed by atoms with Crippen molar-refractivity contribution in [3.63, 3.8) is 0 Å². The van der Waals surface area contributed by atoms with Gasteiger partial charge >= 0.3 is 0 Å². The van der Waals surface area contributed by atoms with Gasteiger partial charge in [0.2, 0.25) is 5.95 Å². The summed E-state index contributed by atoms with van der Waals surface area (Å²) < 4.78 is 0. The summed E-state index contributed by atoms with van der Waals surface area (Å²) >= 11 is 0. The van der Waals surface area contributed by atoms with Crippen molar-refractivity contribution in [2.24, 2.45) is 0 Å². The van der Waals surface area contributed by atoms with Gasteiger partial charge in [0, 0.05) is 0 Å². The SMILES string of the molecule is O=c1[nH]c(NC2C=CC=C2)nc2nc[nH]c12. The first-order chi connectivity index (χ1) is 7.83. The molecule has 16 heavy (non-hydrogen) atoms. The van der Waals surface area contributed by atoms with Crippen LogP contribution in [0.15, 0.2) is 35.4 Å². The lowest BCUT2D eigenvalue weighted by atomic mass is 10.3. The standard InChI is InChI=1S/C10H9N5O/c16-9-7-8(12-5-11-7)14-10(15-9)13-6-3-1-2-4-6/h1-6H,(H3,11,12,13,14,15,16). The van der Waals surface area contributed by atoms with Crippen molar-refractivity contribution in [1.82, 2.24) is 19.9 Å². The van der Waals surface area contributed by atoms with Crippen molar-refractivity contribution in [1.29, 1.82) is 0 Å². The molecule has 0 aromatic carbocycles. The number of nitrogens with zero attached hydrogens (tertiary/aromatic N) is 2. The van der Waals surface area contributed by atoms with Gasteiger partial charge in [-0.2, -0.15) is 4.98 Å². The van der Waals surface area contributed by atoms with E-state index in [1.165, 1.54) is 6.33 Å². The predicted octanol–water partition coefficient (Wildman–Crippen LogP) is 0.553. The summed E-state index contributed by atoms with van der Waals surface area (Å²) in [6.07, 6.45) is 9.25. The molecule has 80 valence electrons. The molecule has 0 saturated heterocycles. The Morgan fingerprint density at radius 1 is 1.31 bits per heavy atom. The summed E-state index contributed by atoms with van der Waals surface area (Å²) in [5.74, 6) is 0.422. The normalized spacial score (nSPS) is 15.0. The molecular formula is C10H9N5O. The number of hydrogen-bond donors (Lipinski definition) is 3. The number of fused-ring (bicyclic) bond motifs is 1. The molecule has 1 aliphatic rings. The lowest BCUT2D eigenvalue weighted by molar-refractivity contribution is 1.04. The van der Waals surface area contributed by atoms with Crippen LogP contribution in [-0.2, 0) is 0 Å². The van der Waals surface area contributed by atoms with Gasteiger partial charge in [0.05, 0.1) is 12.4 Å². The summed E-state index contributed by atoms with van der Waals surface area (Å²) in [4.78, 5) is 25.1. The van der Waals surface area contributed by atoms with E-state index in [0.717, 1.165) is 0 Å². The van der Waals surface area contributed by atoms with Gasteiger partial charge in [0.1, 0.15) is 0 Å². The summed E-state index contributed by atoms with van der Waals surface area (Å²) in [6, 6.07) is 0.0690. The summed E-state index contributed by atoms with van der Waals surface area (Å²) in [6.45, 7) is 0. The number of H-pyrrole nitrogens is 2. The Balaban J connectivity index is 2.00. The molecule has 1 aliphatic carbocycles. The highest BCUT2D eigenvalue weighted by molar-refractivity contribution is 5.69. The first kappa shape index (κ1) is 8.90. The van der Waals surface area contributed by atoms with Crippen LogP contribution < -0.4 is 10.9 Å². The molecule has 0 radical (unpaired) electrons. The highest BCUT2D eigenvalue weighted by Crippen LogP contribution is 2.08. The topological polar surface area (TPSA) is 86.5 Å². The molecule has 2 aromatic rings. The molecule has 2 heterocycles. The first-order valence-corrected chi connectivity index (χ1v) is 4.88. The van der Waals surface area contributed by atoms with Crippen molar-refractivity contribution in [2.45, 2.75) is 6.04 Å². The average Bonchev–Trinajstić information content (AvgIpc) is 2.87. The van der Waals surface area contributed by atoms with Gasteiger partial charge in [-0.05, 0) is 0 Å². The van der Waals surface area contributed by atoms with E-state index in [1.54, 1.807) is 0 Å². The Bertz CT molecular complexity index is 624. The molecule has 0 spiro atoms. The van der Waals surface area contributed by atoms with E-state index >= 15 is 0 Å². The second-order valence-corrected chi connectivity index (χ2v) is 3.46. The van der Waals surface area contributed by atoms with Crippen molar-refractivity contribution in [3.05, 3.63) is 41.0 Å². The number of allylic oxidation sites excluding steroid dienone is 2. The molecular weight excluding hydrogens is 206 g/mol. The van der Waals surface area contributed by atoms with E-state index in [2.05, 4.69) is 25.3 Å². The maximum Gasteiger partial charge on any atom is 0.278 e. The fourth-order valence-electron chi connectivity index (χ4n) is 1.60. The Morgan fingerprint density at radius 3 is 2.94 bits per heavy atom. The maximum absolute atomic E-state index is 11.6. The van der Waals surface area contributed by atoms with E-state index in [4.69, 9.17) is 0 Å². The second-order valence-electron chi connectivity index (χ2n) is 3.46. The fraction of sp³-hybridized carbons (Fsp3) is 0.100. The number of aromatic amines is 2. The predicted molar refractivity (Wildman–Crippen MR) is 60.2 cm³/mol. The van der Waals surface area contributed by atoms with Crippen molar-refractivity contribution < 1.29 is 0 Å². The smallest absolute Gasteiger partial charge is 0.278 e. The molecule has 6 heteroatoms. The zero-order valence-electron chi connectivity index (χ0n) is 8.27. The lowest BCUT2D eigenvalue weighted by Crippen LogP contribution is -2.18. The average molecular weight is 215 g/mol. The van der Waals surface area contributed by atoms with E-state index in [-0.39, 0.29) is 11.6 Å². The van der Waals surface area contributed by atoms with Crippen LogP contribution in [0.2, 0.25) is 0 Å². The van der Waals surface area contributed by atoms with Crippen LogP contribution in [0.4, 0.5) is 5.95 Å². The van der Waals surface area contributed by atoms with Crippen molar-refractivity contribution >= 4 is 17.1 Å². The van der Waals surface area contributed by atoms with E-state index in [1.807, 2.05) is 24.3 Å². The Labute approximate surface area is 90.1 Å². The first-order valence-electron chi connectivity index (χ1n) is 4.88. The van der Waals surface area contributed by atoms with Gasteiger partial charge < -0.3 is 10.3 Å². The molecule has 0 unspecified atom stereocenters. The highest BCUT2D eigenvalue weighted by atomic mass is 16.1. The minimum atomic E-state index is -0.226. The summed E-state index contributed by atoms with van der Waals surface area (Å²) in [5.41, 5.74) is 0.580. The van der Waals surface area contributed by atoms with E-state index < -0.39 is 0 Å². The van der Waals surface area contributed by atoms with Gasteiger partial charge in [-0.3, -0.25) is 9.78 Å². The second kappa shape index (κ2) is 3.34. The largest absolute Gasteiger partial charge is 0.346 e. The van der Waals surface area contributed by atoms with Crippen LogP contribution in [0.3, 0.4) is 0 Å². The third-order valence-corrected chi connectivity index (χ3v) is 2.35. The number of rotatable bonds is 2. The molecule has 0 amide bonds. The van der Waals surface area contributed by atoms with Gasteiger partial charge in [-0.1, -0.05) is 24.3 Å². The van der Waals surface area contributed by atoms with Crippen LogP contribution in [0.25, 0.3) is 11.2 Å². The maximum atomic E-state index is 11.6. The summed E-state index contributed by atoms with van der Waals surface area (Å²) in [7, 11) is 0. The van der Waals surface area contributed by atoms with Crippen molar-refractivity contribution in [2.75, 3.05) is 5.32 Å². The van der Waals surface area contributed by atoms with Crippen LogP contribution in [0, 0.1) is 0 Å². The molecule has 0 aliphatic heterocycles. The Morgan fingerprint density at radius 2 is 2.12 bits per heavy atom. The molecule has 0 saturated carbocycles. The number of nitrogens with one attached hydrogen (secondary N) is 3. The Hall–Kier alpha value is -2.37. The zero-order chi connectivity index (χ0) is 11.0. The van der Waals surface area contributed by atoms with Crippen LogP contribution in [-0.4, -0.2) is 26.0 Å². The number of hydrogen-bond acceptors (Lipinski definition) is 4. The lowest BCUT2D eigenvalue weighted by Gasteiger charge is -2.08. The number of aromatic nitrogens is 4. The van der Waals surface area contributed by atoms with Crippen LogP contribution >= 0.6 is 0 Å². The van der Waals surface area contributed by atoms with Gasteiger partial charge in [0.25, 0.3) is 5.56 Å². The van der Waals surface area contributed by atoms with E-state index in [9.17, 15) is 4.79 Å². The van der Waals surface area contributed by atoms with Crippen LogP contribution in [0.1, 0.15) is 0 Å². The van der Waals surface area contributed by atoms with Gasteiger partial charge in [0.15, 0.2) is 11.2 Å². The van der Waals surface area contributed by atoms with Crippen molar-refractivity contribution in [3.8, 4) is 0 Å². The van der Waals surface area contributed by atoms with Gasteiger partial charge in [-0.25, -0.2) is 4.98 Å². The van der Waals surface area contributed by atoms with Gasteiger partial charge in [-0.15, -0.1) is 0 Å². The molecule has 3 rings (SSSR count). The molecule has 6 nitrogen and oxygen atoms in total.